The van der Waals surface area contributed by atoms with Crippen molar-refractivity contribution in [2.24, 2.45) is 4.30 Å². The van der Waals surface area contributed by atoms with Gasteiger partial charge in [0, 0.05) is 110 Å². The molecule has 2 unspecified atom stereocenters. The van der Waals surface area contributed by atoms with E-state index in [0.29, 0.717) is 57.9 Å². The second kappa shape index (κ2) is 43.8. The first-order valence-corrected chi connectivity index (χ1v) is 31.6. The van der Waals surface area contributed by atoms with Gasteiger partial charge in [-0.25, -0.2) is 19.2 Å². The predicted octanol–water partition coefficient (Wildman–Crippen LogP) is 13.5. The molecule has 0 saturated carbocycles. The van der Waals surface area contributed by atoms with Gasteiger partial charge in [-0.05, 0) is 151 Å². The number of aliphatic hydroxyl groups excluding tert-OH is 1. The number of ether oxygens (including phenoxy) is 5. The van der Waals surface area contributed by atoms with E-state index in [4.69, 9.17) is 34.1 Å². The van der Waals surface area contributed by atoms with Crippen LogP contribution in [0.2, 0.25) is 0 Å². The van der Waals surface area contributed by atoms with E-state index in [1.807, 2.05) is 42.0 Å². The van der Waals surface area contributed by atoms with Gasteiger partial charge in [-0.15, -0.1) is 58.5 Å². The Morgan fingerprint density at radius 3 is 1.54 bits per heavy atom. The van der Waals surface area contributed by atoms with Gasteiger partial charge in [0.15, 0.2) is 5.78 Å². The Kier molecular flexibility index (Phi) is 40.1. The Labute approximate surface area is 512 Å². The zero-order chi connectivity index (χ0) is 60.7. The van der Waals surface area contributed by atoms with Crippen molar-refractivity contribution in [3.05, 3.63) is 106 Å². The van der Waals surface area contributed by atoms with Gasteiger partial charge in [0.05, 0.1) is 42.8 Å². The minimum absolute atomic E-state index is 0.00167. The van der Waals surface area contributed by atoms with E-state index < -0.39 is 6.09 Å². The number of thiol groups is 1. The number of Topliss-reactive ketones (excluding diaryl/α,β-unsaturated/α-hetero) is 1. The summed E-state index contributed by atoms with van der Waals surface area (Å²) in [7, 11) is 4.34. The molecule has 81 heavy (non-hydrogen) atoms. The van der Waals surface area contributed by atoms with Gasteiger partial charge in [0.1, 0.15) is 0 Å². The number of hydrogen-bond donors (Lipinski definition) is 2. The van der Waals surface area contributed by atoms with Crippen molar-refractivity contribution in [3.63, 3.8) is 0 Å². The summed E-state index contributed by atoms with van der Waals surface area (Å²) >= 11 is 13.6. The van der Waals surface area contributed by atoms with E-state index in [1.54, 1.807) is 70.2 Å². The standard InChI is InChI=1S/C12H16BrNO2S.C12H17NO2S.C12H15NO2S.C11H13NO3S.C4H8O.C2H3N.C2H6O.C2H4.BHNS/c1-3-16-12(15)14-5-4-10-9(8(2)7-14)6-11(13)17-10;2*1-3-15-12(14)13-6-4-11-10(5-7-16-11)9(2)8-13;1-2-15-11(14)12-5-3-10-8(4-6-16-10)9(13)7-12;1-2-4-5-3-1;2*1-2-3;1-2;1-2-3/h6,8H,3-5,7H2,1-2H3;5,7,9H,3-4,6,8H2,1-2H3;5,7H,2-4,6,8H2,1H3;4,6H,2-3,5,7H2,1H3;1-4H2;1H3;3H,2H2,1H3;1-2H2;3H. The fourth-order valence-corrected chi connectivity index (χ4v) is 13.0. The summed E-state index contributed by atoms with van der Waals surface area (Å²) in [6.45, 7) is 33.6. The Hall–Kier alpha value is -4.87. The molecule has 1 fully saturated rings. The van der Waals surface area contributed by atoms with E-state index in [2.05, 4.69) is 103 Å². The Morgan fingerprint density at radius 2 is 1.09 bits per heavy atom. The SMILES string of the molecule is C1CCOC1.C=C.C=C1CN(C(=O)OCC)CCc2sccc21.CC#N.CCO.CCOC(=O)N1CCc2sc(Br)cc2C(C)C1.CCOC(=O)N1CCc2sccc2C(=O)C1.CCOC(=O)N1CCc2sccc2C(C)C1.[B]=NS. The molecule has 0 bridgehead atoms. The van der Waals surface area contributed by atoms with E-state index in [0.717, 1.165) is 81.1 Å². The zero-order valence-corrected chi connectivity index (χ0v) is 54.2. The van der Waals surface area contributed by atoms with Crippen molar-refractivity contribution in [3.8, 4) is 6.07 Å². The Morgan fingerprint density at radius 1 is 0.716 bits per heavy atom. The second-order valence-corrected chi connectivity index (χ2v) is 23.3. The molecule has 17 nitrogen and oxygen atoms in total. The number of thiophene rings is 4. The molecule has 24 heteroatoms. The third kappa shape index (κ3) is 26.9. The molecular weight excluding hydrogens is 1200 g/mol. The van der Waals surface area contributed by atoms with Crippen LogP contribution in [0.25, 0.3) is 5.57 Å². The summed E-state index contributed by atoms with van der Waals surface area (Å²) < 4.78 is 28.8. The molecule has 4 aromatic heterocycles. The molecule has 0 aromatic carbocycles. The summed E-state index contributed by atoms with van der Waals surface area (Å²) in [4.78, 5) is 70.4. The number of halogens is 1. The average molecular weight is 1280 g/mol. The number of ketones is 1. The topological polar surface area (TPSA) is 201 Å². The van der Waals surface area contributed by atoms with Crippen LogP contribution in [0.15, 0.2) is 68.2 Å². The molecule has 1 saturated heterocycles. The van der Waals surface area contributed by atoms with Crippen LogP contribution in [-0.4, -0.2) is 161 Å². The quantitative estimate of drug-likeness (QED) is 0.0849. The summed E-state index contributed by atoms with van der Waals surface area (Å²) in [5.41, 5.74) is 5.74. The number of nitriles is 1. The van der Waals surface area contributed by atoms with Gasteiger partial charge in [0.2, 0.25) is 0 Å². The number of rotatable bonds is 4. The molecule has 1 radical (unpaired) electrons. The van der Waals surface area contributed by atoms with Crippen molar-refractivity contribution >= 4 is 117 Å². The summed E-state index contributed by atoms with van der Waals surface area (Å²) in [5.74, 6) is 0.786. The fourth-order valence-electron chi connectivity index (χ4n) is 8.38. The number of hydrogen-bond acceptors (Lipinski definition) is 18. The summed E-state index contributed by atoms with van der Waals surface area (Å²) in [6.07, 6.45) is 5.07. The van der Waals surface area contributed by atoms with Crippen LogP contribution in [0.5, 0.6) is 0 Å². The molecule has 0 aliphatic carbocycles. The molecule has 0 spiro atoms. The van der Waals surface area contributed by atoms with Gasteiger partial charge in [-0.1, -0.05) is 20.4 Å². The van der Waals surface area contributed by atoms with E-state index >= 15 is 0 Å². The van der Waals surface area contributed by atoms with Gasteiger partial charge in [-0.3, -0.25) is 4.79 Å². The van der Waals surface area contributed by atoms with Crippen molar-refractivity contribution in [1.29, 1.82) is 5.26 Å². The molecule has 5 aliphatic heterocycles. The number of fused-ring (bicyclic) bond motifs is 4. The van der Waals surface area contributed by atoms with E-state index in [1.165, 1.54) is 59.8 Å². The van der Waals surface area contributed by atoms with Crippen LogP contribution in [0.3, 0.4) is 0 Å². The van der Waals surface area contributed by atoms with Crippen LogP contribution in [0, 0.1) is 11.3 Å². The first-order valence-electron chi connectivity index (χ1n) is 26.9. The molecule has 5 aliphatic rings. The molecule has 9 rings (SSSR count). The van der Waals surface area contributed by atoms with Gasteiger partial charge >= 0.3 is 49.1 Å². The molecular formula is C57H83BBrN6O11S5. The summed E-state index contributed by atoms with van der Waals surface area (Å²) in [6, 6.07) is 10.0. The summed E-state index contributed by atoms with van der Waals surface area (Å²) in [5, 5.41) is 21.0. The fraction of sp³-hybridized carbons (Fsp3) is 0.544. The maximum absolute atomic E-state index is 11.8. The Bertz CT molecular complexity index is 2440. The Balaban J connectivity index is 0.000000495. The van der Waals surface area contributed by atoms with Crippen molar-refractivity contribution in [2.45, 2.75) is 106 Å². The van der Waals surface area contributed by atoms with Crippen molar-refractivity contribution in [1.82, 2.24) is 19.6 Å². The van der Waals surface area contributed by atoms with Crippen LogP contribution < -0.4 is 0 Å². The third-order valence-corrected chi connectivity index (χ3v) is 16.6. The zero-order valence-electron chi connectivity index (χ0n) is 48.4. The van der Waals surface area contributed by atoms with Crippen LogP contribution in [0.4, 0.5) is 19.2 Å². The first kappa shape index (κ1) is 74.1. The monoisotopic (exact) mass is 1280 g/mol. The third-order valence-electron chi connectivity index (χ3n) is 11.9. The molecule has 1 N–H and O–H groups in total. The molecule has 2 atom stereocenters. The van der Waals surface area contributed by atoms with Gasteiger partial charge < -0.3 is 48.4 Å². The van der Waals surface area contributed by atoms with Crippen LogP contribution in [0.1, 0.15) is 127 Å². The molecule has 447 valence electrons. The van der Waals surface area contributed by atoms with Crippen LogP contribution in [-0.2, 0) is 49.4 Å². The number of carbonyl (C=O) groups excluding carboxylic acids is 5. The number of amides is 4. The molecule has 4 aromatic rings. The number of aliphatic hydroxyl groups is 1. The predicted molar refractivity (Wildman–Crippen MR) is 337 cm³/mol. The van der Waals surface area contributed by atoms with E-state index in [9.17, 15) is 24.0 Å². The normalized spacial score (nSPS) is 16.3. The number of carbonyl (C=O) groups is 5. The molecule has 9 heterocycles. The molecule has 4 amide bonds. The van der Waals surface area contributed by atoms with Crippen molar-refractivity contribution in [2.75, 3.05) is 98.6 Å². The van der Waals surface area contributed by atoms with E-state index in [-0.39, 0.29) is 37.2 Å². The first-order chi connectivity index (χ1) is 39.0. The van der Waals surface area contributed by atoms with Crippen LogP contribution >= 0.6 is 74.1 Å². The van der Waals surface area contributed by atoms with Crippen molar-refractivity contribution < 1.29 is 52.8 Å². The maximum atomic E-state index is 11.8. The second-order valence-electron chi connectivity index (χ2n) is 17.6. The van der Waals surface area contributed by atoms with Gasteiger partial charge in [0.25, 0.3) is 0 Å². The average Bonchev–Trinajstić information content (AvgIpc) is 4.34. The number of nitrogens with zero attached hydrogens (tertiary/aromatic N) is 6. The minimum atomic E-state index is -0.397. The van der Waals surface area contributed by atoms with Gasteiger partial charge in [-0.2, -0.15) is 5.26 Å².